The Bertz CT molecular complexity index is 767. The molecule has 1 saturated heterocycles. The number of carbonyl (C=O) groups is 1. The highest BCUT2D eigenvalue weighted by Crippen LogP contribution is 2.24. The van der Waals surface area contributed by atoms with E-state index in [1.807, 2.05) is 0 Å². The Kier molecular flexibility index (Phi) is 8.51. The monoisotopic (exact) mass is 501 g/mol. The molecule has 6 nitrogen and oxygen atoms in total. The van der Waals surface area contributed by atoms with Crippen molar-refractivity contribution in [3.63, 3.8) is 0 Å². The van der Waals surface area contributed by atoms with Gasteiger partial charge in [0, 0.05) is 12.5 Å². The summed E-state index contributed by atoms with van der Waals surface area (Å²) in [5.74, 6) is -0.107. The van der Waals surface area contributed by atoms with E-state index in [4.69, 9.17) is 11.6 Å². The molecule has 0 saturated carbocycles. The summed E-state index contributed by atoms with van der Waals surface area (Å²) < 4.78 is 2.25. The number of ketones is 1. The molecule has 3 heterocycles. The number of nitrogens with zero attached hydrogens (tertiary/aromatic N) is 2. The van der Waals surface area contributed by atoms with Gasteiger partial charge in [-0.25, -0.2) is 4.98 Å². The van der Waals surface area contributed by atoms with Crippen molar-refractivity contribution in [2.45, 2.75) is 38.0 Å². The number of hydrogen-bond donors (Lipinski definition) is 2. The van der Waals surface area contributed by atoms with Gasteiger partial charge in [0.25, 0.3) is 5.56 Å². The van der Waals surface area contributed by atoms with Crippen LogP contribution < -0.4 is 10.9 Å². The standard InChI is InChI=1S/C14H16ClN3O3S.2BrH/c15-12-5-10-13(22-12)14(21)18(7-17-10)6-8(19)4-9-11(20)2-1-3-16-9;;/h5,7,9,11,16,20H,1-4,6H2;2*1H/t9-,11+;;/m0../s1. The highest BCUT2D eigenvalue weighted by atomic mass is 79.9. The average Bonchev–Trinajstić information content (AvgIpc) is 2.86. The van der Waals surface area contributed by atoms with Gasteiger partial charge < -0.3 is 10.4 Å². The van der Waals surface area contributed by atoms with Crippen molar-refractivity contribution in [2.75, 3.05) is 6.54 Å². The van der Waals surface area contributed by atoms with Gasteiger partial charge in [0.1, 0.15) is 4.70 Å². The third kappa shape index (κ3) is 4.86. The summed E-state index contributed by atoms with van der Waals surface area (Å²) in [6.45, 7) is 0.762. The average molecular weight is 504 g/mol. The Morgan fingerprint density at radius 2 is 2.25 bits per heavy atom. The van der Waals surface area contributed by atoms with Crippen LogP contribution in [0.4, 0.5) is 0 Å². The van der Waals surface area contributed by atoms with Gasteiger partial charge >= 0.3 is 0 Å². The SMILES string of the molecule is Br.Br.O=C(C[C@@H]1NCCC[C@H]1O)Cn1cnc2cc(Cl)sc2c1=O. The van der Waals surface area contributed by atoms with E-state index in [0.29, 0.717) is 21.0 Å². The Balaban J connectivity index is 0.00000144. The quantitative estimate of drug-likeness (QED) is 0.669. The van der Waals surface area contributed by atoms with E-state index in [2.05, 4.69) is 10.3 Å². The first-order chi connectivity index (χ1) is 10.5. The lowest BCUT2D eigenvalue weighted by Crippen LogP contribution is -2.46. The van der Waals surface area contributed by atoms with Crippen LogP contribution in [0.2, 0.25) is 4.34 Å². The Labute approximate surface area is 168 Å². The molecule has 1 aliphatic heterocycles. The molecule has 0 spiro atoms. The van der Waals surface area contributed by atoms with Crippen LogP contribution in [0, 0.1) is 0 Å². The summed E-state index contributed by atoms with van der Waals surface area (Å²) in [6, 6.07) is 1.40. The van der Waals surface area contributed by atoms with Crippen molar-refractivity contribution >= 4 is 72.9 Å². The van der Waals surface area contributed by atoms with E-state index in [1.165, 1.54) is 10.9 Å². The fraction of sp³-hybridized carbons (Fsp3) is 0.500. The number of nitrogens with one attached hydrogen (secondary N) is 1. The van der Waals surface area contributed by atoms with Crippen LogP contribution in [-0.2, 0) is 11.3 Å². The van der Waals surface area contributed by atoms with Crippen molar-refractivity contribution in [3.05, 3.63) is 27.1 Å². The molecule has 2 atom stereocenters. The molecule has 24 heavy (non-hydrogen) atoms. The van der Waals surface area contributed by atoms with Crippen LogP contribution >= 0.6 is 56.9 Å². The molecule has 134 valence electrons. The second-order valence-electron chi connectivity index (χ2n) is 5.46. The fourth-order valence-corrected chi connectivity index (χ4v) is 3.79. The number of halogens is 3. The van der Waals surface area contributed by atoms with Crippen molar-refractivity contribution in [2.24, 2.45) is 0 Å². The van der Waals surface area contributed by atoms with E-state index >= 15 is 0 Å². The number of thiophene rings is 1. The van der Waals surface area contributed by atoms with Crippen LogP contribution in [0.1, 0.15) is 19.3 Å². The van der Waals surface area contributed by atoms with Crippen LogP contribution in [-0.4, -0.2) is 39.1 Å². The third-order valence-electron chi connectivity index (χ3n) is 3.82. The first kappa shape index (κ1) is 21.7. The first-order valence-electron chi connectivity index (χ1n) is 7.12. The maximum absolute atomic E-state index is 12.3. The van der Waals surface area contributed by atoms with Crippen LogP contribution in [0.5, 0.6) is 0 Å². The molecule has 10 heteroatoms. The minimum atomic E-state index is -0.508. The molecule has 2 aromatic heterocycles. The molecule has 0 unspecified atom stereocenters. The van der Waals surface area contributed by atoms with Crippen LogP contribution in [0.15, 0.2) is 17.2 Å². The van der Waals surface area contributed by atoms with Crippen molar-refractivity contribution in [1.82, 2.24) is 14.9 Å². The van der Waals surface area contributed by atoms with Gasteiger partial charge in [-0.05, 0) is 25.5 Å². The number of carbonyl (C=O) groups excluding carboxylic acids is 1. The summed E-state index contributed by atoms with van der Waals surface area (Å²) in [4.78, 5) is 28.6. The maximum atomic E-state index is 12.3. The Morgan fingerprint density at radius 3 is 2.96 bits per heavy atom. The smallest absolute Gasteiger partial charge is 0.271 e. The fourth-order valence-electron chi connectivity index (χ4n) is 2.67. The topological polar surface area (TPSA) is 84.2 Å². The molecule has 2 aromatic rings. The van der Waals surface area contributed by atoms with Gasteiger partial charge in [-0.3, -0.25) is 14.2 Å². The molecule has 0 bridgehead atoms. The molecule has 2 N–H and O–H groups in total. The van der Waals surface area contributed by atoms with Gasteiger partial charge in [-0.2, -0.15) is 0 Å². The maximum Gasteiger partial charge on any atom is 0.271 e. The van der Waals surface area contributed by atoms with Crippen molar-refractivity contribution in [1.29, 1.82) is 0 Å². The number of fused-ring (bicyclic) bond motifs is 1. The summed E-state index contributed by atoms with van der Waals surface area (Å²) in [6.07, 6.45) is 2.68. The number of aromatic nitrogens is 2. The zero-order valence-corrected chi connectivity index (χ0v) is 17.6. The number of Topliss-reactive ketones (excluding diaryl/α,β-unsaturated/α-hetero) is 1. The molecule has 0 amide bonds. The number of aliphatic hydroxyl groups excluding tert-OH is 1. The predicted molar refractivity (Wildman–Crippen MR) is 106 cm³/mol. The Hall–Kier alpha value is -0.320. The van der Waals surface area contributed by atoms with Crippen molar-refractivity contribution < 1.29 is 9.90 Å². The number of piperidine rings is 1. The zero-order chi connectivity index (χ0) is 15.7. The second kappa shape index (κ2) is 9.40. The summed E-state index contributed by atoms with van der Waals surface area (Å²) in [7, 11) is 0. The highest BCUT2D eigenvalue weighted by molar-refractivity contribution is 8.93. The Morgan fingerprint density at radius 1 is 1.50 bits per heavy atom. The largest absolute Gasteiger partial charge is 0.391 e. The van der Waals surface area contributed by atoms with Gasteiger partial charge in [0.15, 0.2) is 5.78 Å². The number of aliphatic hydroxyl groups is 1. The molecule has 0 aromatic carbocycles. The van der Waals surface area contributed by atoms with E-state index < -0.39 is 6.10 Å². The molecule has 3 rings (SSSR count). The molecular formula is C14H18Br2ClN3O3S. The van der Waals surface area contributed by atoms with Gasteiger partial charge in [0.05, 0.1) is 28.8 Å². The van der Waals surface area contributed by atoms with Crippen LogP contribution in [0.3, 0.4) is 0 Å². The minimum absolute atomic E-state index is 0. The zero-order valence-electron chi connectivity index (χ0n) is 12.6. The minimum Gasteiger partial charge on any atom is -0.391 e. The first-order valence-corrected chi connectivity index (χ1v) is 8.31. The molecule has 0 aliphatic carbocycles. The summed E-state index contributed by atoms with van der Waals surface area (Å²) >= 11 is 7.05. The van der Waals surface area contributed by atoms with Gasteiger partial charge in [-0.15, -0.1) is 45.3 Å². The third-order valence-corrected chi connectivity index (χ3v) is 5.06. The van der Waals surface area contributed by atoms with E-state index in [-0.39, 0.29) is 64.3 Å². The lowest BCUT2D eigenvalue weighted by Gasteiger charge is -2.28. The summed E-state index contributed by atoms with van der Waals surface area (Å²) in [5.41, 5.74) is 0.292. The lowest BCUT2D eigenvalue weighted by atomic mass is 9.97. The summed E-state index contributed by atoms with van der Waals surface area (Å²) in [5, 5.41) is 13.0. The van der Waals surface area contributed by atoms with Crippen LogP contribution in [0.25, 0.3) is 10.2 Å². The molecule has 0 radical (unpaired) electrons. The van der Waals surface area contributed by atoms with Gasteiger partial charge in [0.2, 0.25) is 0 Å². The molecule has 1 aliphatic rings. The molecular weight excluding hydrogens is 486 g/mol. The predicted octanol–water partition coefficient (Wildman–Crippen LogP) is 2.34. The van der Waals surface area contributed by atoms with E-state index in [9.17, 15) is 14.7 Å². The number of rotatable bonds is 4. The second-order valence-corrected chi connectivity index (χ2v) is 7.14. The molecule has 1 fully saturated rings. The van der Waals surface area contributed by atoms with E-state index in [0.717, 1.165) is 24.3 Å². The lowest BCUT2D eigenvalue weighted by molar-refractivity contribution is -0.121. The van der Waals surface area contributed by atoms with E-state index in [1.54, 1.807) is 6.07 Å². The van der Waals surface area contributed by atoms with Crippen molar-refractivity contribution in [3.8, 4) is 0 Å². The van der Waals surface area contributed by atoms with Gasteiger partial charge in [-0.1, -0.05) is 11.6 Å². The highest BCUT2D eigenvalue weighted by Gasteiger charge is 2.25. The normalized spacial score (nSPS) is 20.2. The number of hydrogen-bond acceptors (Lipinski definition) is 6.